The molecule has 5 nitrogen and oxygen atoms in total. The highest BCUT2D eigenvalue weighted by Crippen LogP contribution is 2.46. The highest BCUT2D eigenvalue weighted by Gasteiger charge is 2.53. The van der Waals surface area contributed by atoms with Gasteiger partial charge in [0.15, 0.2) is 0 Å². The molecule has 0 aromatic rings. The predicted molar refractivity (Wildman–Crippen MR) is 85.9 cm³/mol. The monoisotopic (exact) mass is 315 g/mol. The quantitative estimate of drug-likeness (QED) is 0.790. The van der Waals surface area contributed by atoms with Gasteiger partial charge >= 0.3 is 0 Å². The predicted octanol–water partition coefficient (Wildman–Crippen LogP) is 1.76. The molecule has 2 atom stereocenters. The van der Waals surface area contributed by atoms with E-state index in [1.165, 1.54) is 5.57 Å². The first kappa shape index (κ1) is 16.0. The maximum atomic E-state index is 13.0. The number of nitrogens with zero attached hydrogens (tertiary/aromatic N) is 1. The van der Waals surface area contributed by atoms with Gasteiger partial charge in [0.25, 0.3) is 0 Å². The van der Waals surface area contributed by atoms with Crippen molar-refractivity contribution in [3.05, 3.63) is 29.7 Å². The summed E-state index contributed by atoms with van der Waals surface area (Å²) in [6.45, 7) is 8.08. The highest BCUT2D eigenvalue weighted by atomic mass is 16.2. The zero-order valence-corrected chi connectivity index (χ0v) is 14.1. The van der Waals surface area contributed by atoms with E-state index < -0.39 is 11.5 Å². The van der Waals surface area contributed by atoms with Crippen LogP contribution in [0.4, 0.5) is 0 Å². The molecule has 0 aromatic heterocycles. The summed E-state index contributed by atoms with van der Waals surface area (Å²) >= 11 is 0. The lowest BCUT2D eigenvalue weighted by atomic mass is 9.78. The van der Waals surface area contributed by atoms with Crippen LogP contribution >= 0.6 is 0 Å². The molecule has 0 spiro atoms. The van der Waals surface area contributed by atoms with E-state index in [-0.39, 0.29) is 30.2 Å². The molecule has 1 N–H and O–H groups in total. The number of rotatable bonds is 2. The molecule has 3 amide bonds. The fraction of sp³-hybridized carbons (Fsp3) is 0.556. The standard InChI is InChI=1S/C18H23N2O3/c1-10(2)11-5-6-13-12(9-11)18(3,4)17(23)20(13)14-7-8-15(21)19-16(14)22/h5-6,9-10,13-14H,7-8H2,1-4H3,(H,19,21,22). The number of fused-ring (bicyclic) bond motifs is 1. The van der Waals surface area contributed by atoms with Crippen LogP contribution in [0.25, 0.3) is 0 Å². The average Bonchev–Trinajstić information content (AvgIpc) is 2.67. The van der Waals surface area contributed by atoms with Crippen LogP contribution in [0.3, 0.4) is 0 Å². The molecule has 2 unspecified atom stereocenters. The van der Waals surface area contributed by atoms with Gasteiger partial charge in [0, 0.05) is 12.8 Å². The molecule has 1 aliphatic carbocycles. The van der Waals surface area contributed by atoms with Crippen LogP contribution in [0.15, 0.2) is 23.3 Å². The van der Waals surface area contributed by atoms with Gasteiger partial charge in [-0.3, -0.25) is 19.7 Å². The number of likely N-dealkylation sites (tertiary alicyclic amines) is 1. The van der Waals surface area contributed by atoms with Crippen molar-refractivity contribution in [1.82, 2.24) is 10.2 Å². The number of carbonyl (C=O) groups is 3. The van der Waals surface area contributed by atoms with Crippen LogP contribution in [0, 0.1) is 17.8 Å². The number of allylic oxidation sites excluding steroid dienone is 2. The third-order valence-corrected chi connectivity index (χ3v) is 5.11. The van der Waals surface area contributed by atoms with Crippen LogP contribution < -0.4 is 5.32 Å². The van der Waals surface area contributed by atoms with E-state index in [2.05, 4.69) is 25.2 Å². The second kappa shape index (κ2) is 5.32. The van der Waals surface area contributed by atoms with E-state index in [1.807, 2.05) is 26.3 Å². The van der Waals surface area contributed by atoms with E-state index in [4.69, 9.17) is 0 Å². The zero-order valence-electron chi connectivity index (χ0n) is 14.1. The molecule has 23 heavy (non-hydrogen) atoms. The second-order valence-corrected chi connectivity index (χ2v) is 7.36. The lowest BCUT2D eigenvalue weighted by Gasteiger charge is -2.35. The van der Waals surface area contributed by atoms with Crippen molar-refractivity contribution in [3.8, 4) is 0 Å². The number of amides is 3. The van der Waals surface area contributed by atoms with E-state index in [0.717, 1.165) is 5.57 Å². The van der Waals surface area contributed by atoms with Crippen LogP contribution in [0.2, 0.25) is 0 Å². The van der Waals surface area contributed by atoms with Gasteiger partial charge in [0.05, 0.1) is 11.5 Å². The summed E-state index contributed by atoms with van der Waals surface area (Å²) in [5.41, 5.74) is 1.61. The first-order chi connectivity index (χ1) is 10.7. The summed E-state index contributed by atoms with van der Waals surface area (Å²) in [7, 11) is 0. The van der Waals surface area contributed by atoms with E-state index >= 15 is 0 Å². The van der Waals surface area contributed by atoms with E-state index in [9.17, 15) is 14.4 Å². The second-order valence-electron chi connectivity index (χ2n) is 7.36. The molecule has 5 heteroatoms. The summed E-state index contributed by atoms with van der Waals surface area (Å²) in [5, 5.41) is 2.36. The lowest BCUT2D eigenvalue weighted by molar-refractivity contribution is -0.147. The minimum atomic E-state index is -0.628. The van der Waals surface area contributed by atoms with Crippen molar-refractivity contribution in [2.45, 2.75) is 52.6 Å². The molecular weight excluding hydrogens is 292 g/mol. The summed E-state index contributed by atoms with van der Waals surface area (Å²) < 4.78 is 0. The molecular formula is C18H23N2O3. The Morgan fingerprint density at radius 1 is 1.26 bits per heavy atom. The molecule has 1 radical (unpaired) electrons. The SMILES string of the molecule is CC(C)C1=C[CH]C2C(=C1)C(C)(C)C(=O)N2C1CCC(=O)NC1=O. The Morgan fingerprint density at radius 2 is 1.96 bits per heavy atom. The molecule has 123 valence electrons. The normalized spacial score (nSPS) is 30.1. The highest BCUT2D eigenvalue weighted by molar-refractivity contribution is 6.03. The summed E-state index contributed by atoms with van der Waals surface area (Å²) in [6, 6.07) is -0.760. The maximum Gasteiger partial charge on any atom is 0.249 e. The Morgan fingerprint density at radius 3 is 2.57 bits per heavy atom. The fourth-order valence-corrected chi connectivity index (χ4v) is 3.63. The van der Waals surface area contributed by atoms with Gasteiger partial charge in [-0.2, -0.15) is 0 Å². The van der Waals surface area contributed by atoms with Crippen molar-refractivity contribution >= 4 is 17.7 Å². The molecule has 0 bridgehead atoms. The van der Waals surface area contributed by atoms with Gasteiger partial charge in [-0.15, -0.1) is 0 Å². The molecule has 0 aromatic carbocycles. The Bertz CT molecular complexity index is 643. The third-order valence-electron chi connectivity index (χ3n) is 5.11. The van der Waals surface area contributed by atoms with Crippen molar-refractivity contribution in [3.63, 3.8) is 0 Å². The number of hydrogen-bond donors (Lipinski definition) is 1. The van der Waals surface area contributed by atoms with Gasteiger partial charge in [-0.1, -0.05) is 26.0 Å². The Labute approximate surface area is 136 Å². The minimum Gasteiger partial charge on any atom is -0.323 e. The Balaban J connectivity index is 1.96. The van der Waals surface area contributed by atoms with Crippen LogP contribution in [-0.2, 0) is 14.4 Å². The van der Waals surface area contributed by atoms with Crippen molar-refractivity contribution < 1.29 is 14.4 Å². The molecule has 2 fully saturated rings. The Kier molecular flexibility index (Phi) is 3.69. The molecule has 2 aliphatic heterocycles. The first-order valence-corrected chi connectivity index (χ1v) is 8.17. The fourth-order valence-electron chi connectivity index (χ4n) is 3.63. The van der Waals surface area contributed by atoms with Crippen LogP contribution in [0.1, 0.15) is 40.5 Å². The summed E-state index contributed by atoms with van der Waals surface area (Å²) in [5.74, 6) is -0.283. The van der Waals surface area contributed by atoms with Gasteiger partial charge in [0.2, 0.25) is 17.7 Å². The van der Waals surface area contributed by atoms with E-state index in [0.29, 0.717) is 12.3 Å². The molecule has 2 heterocycles. The molecule has 3 aliphatic rings. The molecule has 3 rings (SSSR count). The number of carbonyl (C=O) groups excluding carboxylic acids is 3. The van der Waals surface area contributed by atoms with Crippen molar-refractivity contribution in [1.29, 1.82) is 0 Å². The first-order valence-electron chi connectivity index (χ1n) is 8.17. The number of nitrogens with one attached hydrogen (secondary N) is 1. The van der Waals surface area contributed by atoms with Crippen molar-refractivity contribution in [2.75, 3.05) is 0 Å². The summed E-state index contributed by atoms with van der Waals surface area (Å²) in [4.78, 5) is 38.2. The molecule has 0 saturated carbocycles. The Hall–Kier alpha value is -1.91. The third kappa shape index (κ3) is 2.42. The lowest BCUT2D eigenvalue weighted by Crippen LogP contribution is -2.55. The van der Waals surface area contributed by atoms with Gasteiger partial charge in [-0.05, 0) is 37.3 Å². The largest absolute Gasteiger partial charge is 0.323 e. The number of hydrogen-bond acceptors (Lipinski definition) is 3. The summed E-state index contributed by atoms with van der Waals surface area (Å²) in [6.07, 6.45) is 6.84. The smallest absolute Gasteiger partial charge is 0.249 e. The average molecular weight is 315 g/mol. The van der Waals surface area contributed by atoms with E-state index in [1.54, 1.807) is 4.90 Å². The minimum absolute atomic E-state index is 0.0436. The van der Waals surface area contributed by atoms with Gasteiger partial charge in [-0.25, -0.2) is 0 Å². The maximum absolute atomic E-state index is 13.0. The van der Waals surface area contributed by atoms with Crippen LogP contribution in [0.5, 0.6) is 0 Å². The number of imide groups is 1. The van der Waals surface area contributed by atoms with Gasteiger partial charge < -0.3 is 4.90 Å². The van der Waals surface area contributed by atoms with Crippen LogP contribution in [-0.4, -0.2) is 34.7 Å². The van der Waals surface area contributed by atoms with Crippen molar-refractivity contribution in [2.24, 2.45) is 11.3 Å². The number of piperidine rings is 1. The van der Waals surface area contributed by atoms with Gasteiger partial charge in [0.1, 0.15) is 6.04 Å². The zero-order chi connectivity index (χ0) is 16.9. The molecule has 2 saturated heterocycles. The topological polar surface area (TPSA) is 66.5 Å².